The molecular formula is C23H22ClNO2. The smallest absolute Gasteiger partial charge is 0.235 e. The first-order chi connectivity index (χ1) is 13.2. The molecule has 138 valence electrons. The van der Waals surface area contributed by atoms with Crippen molar-refractivity contribution in [2.75, 3.05) is 12.4 Å². The van der Waals surface area contributed by atoms with Gasteiger partial charge >= 0.3 is 0 Å². The molecule has 0 heterocycles. The third-order valence-electron chi connectivity index (χ3n) is 5.63. The molecule has 1 N–H and O–H groups in total. The van der Waals surface area contributed by atoms with Gasteiger partial charge < -0.3 is 10.1 Å². The molecule has 4 rings (SSSR count). The number of ether oxygens (including phenoxy) is 1. The van der Waals surface area contributed by atoms with Gasteiger partial charge in [-0.15, -0.1) is 0 Å². The summed E-state index contributed by atoms with van der Waals surface area (Å²) in [5.74, 6) is 0.814. The molecule has 0 unspecified atom stereocenters. The molecule has 0 aromatic heterocycles. The minimum Gasteiger partial charge on any atom is -0.496 e. The number of carbonyl (C=O) groups is 1. The van der Waals surface area contributed by atoms with Crippen LogP contribution in [0.2, 0.25) is 5.02 Å². The number of benzene rings is 3. The van der Waals surface area contributed by atoms with Gasteiger partial charge in [0.15, 0.2) is 0 Å². The van der Waals surface area contributed by atoms with Crippen molar-refractivity contribution in [1.82, 2.24) is 0 Å². The minimum atomic E-state index is -0.570. The van der Waals surface area contributed by atoms with Crippen molar-refractivity contribution in [2.45, 2.75) is 31.1 Å². The highest BCUT2D eigenvalue weighted by Gasteiger charge is 2.44. The molecule has 3 aromatic rings. The minimum absolute atomic E-state index is 0.0171. The van der Waals surface area contributed by atoms with Crippen molar-refractivity contribution in [3.8, 4) is 5.75 Å². The molecule has 27 heavy (non-hydrogen) atoms. The Morgan fingerprint density at radius 1 is 0.963 bits per heavy atom. The SMILES string of the molecule is COc1ccc(NC(=O)C2(c3ccccc3Cl)CCCC2)c2ccccc12. The van der Waals surface area contributed by atoms with Crippen molar-refractivity contribution in [3.63, 3.8) is 0 Å². The number of halogens is 1. The van der Waals surface area contributed by atoms with Gasteiger partial charge in [0.2, 0.25) is 5.91 Å². The van der Waals surface area contributed by atoms with Crippen molar-refractivity contribution in [3.05, 3.63) is 71.2 Å². The predicted molar refractivity (Wildman–Crippen MR) is 111 cm³/mol. The van der Waals surface area contributed by atoms with Gasteiger partial charge in [-0.3, -0.25) is 4.79 Å². The van der Waals surface area contributed by atoms with E-state index in [-0.39, 0.29) is 5.91 Å². The number of fused-ring (bicyclic) bond motifs is 1. The van der Waals surface area contributed by atoms with E-state index in [9.17, 15) is 4.79 Å². The summed E-state index contributed by atoms with van der Waals surface area (Å²) in [6.07, 6.45) is 3.69. The summed E-state index contributed by atoms with van der Waals surface area (Å²) >= 11 is 6.48. The number of hydrogen-bond acceptors (Lipinski definition) is 2. The first-order valence-corrected chi connectivity index (χ1v) is 9.66. The maximum absolute atomic E-state index is 13.5. The van der Waals surface area contributed by atoms with Gasteiger partial charge in [0, 0.05) is 21.5 Å². The largest absolute Gasteiger partial charge is 0.496 e. The molecule has 1 aliphatic carbocycles. The molecule has 0 aliphatic heterocycles. The zero-order valence-corrected chi connectivity index (χ0v) is 16.1. The highest BCUT2D eigenvalue weighted by molar-refractivity contribution is 6.32. The summed E-state index contributed by atoms with van der Waals surface area (Å²) in [6, 6.07) is 19.5. The average Bonchev–Trinajstić information content (AvgIpc) is 3.19. The Morgan fingerprint density at radius 3 is 2.33 bits per heavy atom. The third kappa shape index (κ3) is 3.06. The second-order valence-electron chi connectivity index (χ2n) is 7.08. The van der Waals surface area contributed by atoms with E-state index >= 15 is 0 Å². The number of carbonyl (C=O) groups excluding carboxylic acids is 1. The van der Waals surface area contributed by atoms with Gasteiger partial charge in [0.1, 0.15) is 5.75 Å². The molecule has 1 amide bonds. The first kappa shape index (κ1) is 17.9. The molecule has 3 aromatic carbocycles. The van der Waals surface area contributed by atoms with Crippen molar-refractivity contribution in [1.29, 1.82) is 0 Å². The number of methoxy groups -OCH3 is 1. The van der Waals surface area contributed by atoms with Gasteiger partial charge in [-0.05, 0) is 36.6 Å². The second kappa shape index (κ2) is 7.24. The van der Waals surface area contributed by atoms with E-state index in [0.717, 1.165) is 53.5 Å². The number of nitrogens with one attached hydrogen (secondary N) is 1. The Bertz CT molecular complexity index is 993. The maximum Gasteiger partial charge on any atom is 0.235 e. The Morgan fingerprint density at radius 2 is 1.63 bits per heavy atom. The van der Waals surface area contributed by atoms with Gasteiger partial charge in [-0.2, -0.15) is 0 Å². The van der Waals surface area contributed by atoms with Crippen LogP contribution in [0.1, 0.15) is 31.2 Å². The zero-order valence-electron chi connectivity index (χ0n) is 15.3. The van der Waals surface area contributed by atoms with E-state index in [1.165, 1.54) is 0 Å². The molecule has 0 radical (unpaired) electrons. The van der Waals surface area contributed by atoms with Crippen LogP contribution in [-0.2, 0) is 10.2 Å². The van der Waals surface area contributed by atoms with Crippen LogP contribution in [0, 0.1) is 0 Å². The van der Waals surface area contributed by atoms with Crippen LogP contribution < -0.4 is 10.1 Å². The summed E-state index contributed by atoms with van der Waals surface area (Å²) in [5.41, 5.74) is 1.16. The summed E-state index contributed by atoms with van der Waals surface area (Å²) < 4.78 is 5.46. The van der Waals surface area contributed by atoms with Crippen LogP contribution in [-0.4, -0.2) is 13.0 Å². The number of rotatable bonds is 4. The Balaban J connectivity index is 1.75. The Hall–Kier alpha value is -2.52. The lowest BCUT2D eigenvalue weighted by molar-refractivity contribution is -0.121. The molecule has 4 heteroatoms. The number of amides is 1. The van der Waals surface area contributed by atoms with Crippen LogP contribution in [0.4, 0.5) is 5.69 Å². The highest BCUT2D eigenvalue weighted by Crippen LogP contribution is 2.45. The summed E-state index contributed by atoms with van der Waals surface area (Å²) in [5, 5.41) is 5.81. The summed E-state index contributed by atoms with van der Waals surface area (Å²) in [6.45, 7) is 0. The van der Waals surface area contributed by atoms with E-state index in [1.54, 1.807) is 7.11 Å². The van der Waals surface area contributed by atoms with Crippen molar-refractivity contribution >= 4 is 34.0 Å². The Kier molecular flexibility index (Phi) is 4.79. The average molecular weight is 380 g/mol. The second-order valence-corrected chi connectivity index (χ2v) is 7.49. The van der Waals surface area contributed by atoms with Gasteiger partial charge in [-0.25, -0.2) is 0 Å². The van der Waals surface area contributed by atoms with Gasteiger partial charge in [0.25, 0.3) is 0 Å². The zero-order chi connectivity index (χ0) is 18.9. The van der Waals surface area contributed by atoms with E-state index < -0.39 is 5.41 Å². The van der Waals surface area contributed by atoms with Crippen molar-refractivity contribution < 1.29 is 9.53 Å². The van der Waals surface area contributed by atoms with E-state index in [2.05, 4.69) is 5.32 Å². The molecule has 0 bridgehead atoms. The molecule has 3 nitrogen and oxygen atoms in total. The van der Waals surface area contributed by atoms with Crippen LogP contribution in [0.25, 0.3) is 10.8 Å². The van der Waals surface area contributed by atoms with Crippen LogP contribution in [0.5, 0.6) is 5.75 Å². The number of anilines is 1. The molecular weight excluding hydrogens is 358 g/mol. The highest BCUT2D eigenvalue weighted by atomic mass is 35.5. The van der Waals surface area contributed by atoms with Gasteiger partial charge in [0.05, 0.1) is 12.5 Å². The van der Waals surface area contributed by atoms with Crippen LogP contribution in [0.3, 0.4) is 0 Å². The molecule has 0 saturated heterocycles. The molecule has 1 aliphatic rings. The fraction of sp³-hybridized carbons (Fsp3) is 0.261. The lowest BCUT2D eigenvalue weighted by Crippen LogP contribution is -2.38. The van der Waals surface area contributed by atoms with E-state index in [0.29, 0.717) is 5.02 Å². The maximum atomic E-state index is 13.5. The molecule has 0 atom stereocenters. The number of hydrogen-bond donors (Lipinski definition) is 1. The standard InChI is InChI=1S/C23H22ClNO2/c1-27-21-13-12-20(16-8-2-3-9-17(16)21)25-22(26)23(14-6-7-15-23)18-10-4-5-11-19(18)24/h2-5,8-13H,6-7,14-15H2,1H3,(H,25,26). The molecule has 1 saturated carbocycles. The lowest BCUT2D eigenvalue weighted by Gasteiger charge is -2.29. The van der Waals surface area contributed by atoms with E-state index in [1.807, 2.05) is 60.7 Å². The summed E-state index contributed by atoms with van der Waals surface area (Å²) in [4.78, 5) is 13.5. The normalized spacial score (nSPS) is 15.6. The van der Waals surface area contributed by atoms with Crippen LogP contribution >= 0.6 is 11.6 Å². The fourth-order valence-corrected chi connectivity index (χ4v) is 4.56. The Labute approximate surface area is 164 Å². The third-order valence-corrected chi connectivity index (χ3v) is 5.96. The van der Waals surface area contributed by atoms with E-state index in [4.69, 9.17) is 16.3 Å². The van der Waals surface area contributed by atoms with Crippen molar-refractivity contribution in [2.24, 2.45) is 0 Å². The first-order valence-electron chi connectivity index (χ1n) is 9.28. The fourth-order valence-electron chi connectivity index (χ4n) is 4.25. The quantitative estimate of drug-likeness (QED) is 0.608. The van der Waals surface area contributed by atoms with Gasteiger partial charge in [-0.1, -0.05) is 66.9 Å². The predicted octanol–water partition coefficient (Wildman–Crippen LogP) is 5.95. The lowest BCUT2D eigenvalue weighted by atomic mass is 9.77. The molecule has 1 fully saturated rings. The van der Waals surface area contributed by atoms with Crippen LogP contribution in [0.15, 0.2) is 60.7 Å². The molecule has 0 spiro atoms. The topological polar surface area (TPSA) is 38.3 Å². The monoisotopic (exact) mass is 379 g/mol. The summed E-state index contributed by atoms with van der Waals surface area (Å²) in [7, 11) is 1.66.